The number of urea groups is 1. The standard InChI is InChI=1S/C16H17N3O2/c17-12-5-3-6-13(9-12)19-16(20)18-10-14-8-11-4-1-2-7-15(11)21-14/h1-7,9,14H,8,10,17H2,(H2,18,19,20). The summed E-state index contributed by atoms with van der Waals surface area (Å²) >= 11 is 0. The van der Waals surface area contributed by atoms with Gasteiger partial charge < -0.3 is 21.1 Å². The summed E-state index contributed by atoms with van der Waals surface area (Å²) in [7, 11) is 0. The van der Waals surface area contributed by atoms with Crippen molar-refractivity contribution in [2.45, 2.75) is 12.5 Å². The summed E-state index contributed by atoms with van der Waals surface area (Å²) in [4.78, 5) is 11.8. The van der Waals surface area contributed by atoms with Crippen molar-refractivity contribution >= 4 is 17.4 Å². The number of fused-ring (bicyclic) bond motifs is 1. The van der Waals surface area contributed by atoms with E-state index in [-0.39, 0.29) is 12.1 Å². The van der Waals surface area contributed by atoms with Crippen LogP contribution < -0.4 is 21.1 Å². The fraction of sp³-hybridized carbons (Fsp3) is 0.188. The molecular formula is C16H17N3O2. The molecule has 5 heteroatoms. The zero-order valence-electron chi connectivity index (χ0n) is 11.5. The van der Waals surface area contributed by atoms with Gasteiger partial charge in [-0.05, 0) is 29.8 Å². The predicted molar refractivity (Wildman–Crippen MR) is 82.4 cm³/mol. The van der Waals surface area contributed by atoms with Crippen LogP contribution in [0.3, 0.4) is 0 Å². The number of benzene rings is 2. The number of hydrogen-bond donors (Lipinski definition) is 3. The maximum Gasteiger partial charge on any atom is 0.319 e. The Morgan fingerprint density at radius 2 is 2.10 bits per heavy atom. The van der Waals surface area contributed by atoms with E-state index in [1.54, 1.807) is 24.3 Å². The average molecular weight is 283 g/mol. The van der Waals surface area contributed by atoms with Crippen LogP contribution in [0.15, 0.2) is 48.5 Å². The van der Waals surface area contributed by atoms with Gasteiger partial charge in [0, 0.05) is 17.8 Å². The van der Waals surface area contributed by atoms with E-state index in [2.05, 4.69) is 10.6 Å². The molecule has 4 N–H and O–H groups in total. The molecule has 0 aliphatic carbocycles. The fourth-order valence-electron chi connectivity index (χ4n) is 2.37. The monoisotopic (exact) mass is 283 g/mol. The number of nitrogens with one attached hydrogen (secondary N) is 2. The van der Waals surface area contributed by atoms with Crippen molar-refractivity contribution in [3.8, 4) is 5.75 Å². The second-order valence-electron chi connectivity index (χ2n) is 5.01. The second-order valence-corrected chi connectivity index (χ2v) is 5.01. The number of rotatable bonds is 3. The van der Waals surface area contributed by atoms with Gasteiger partial charge in [-0.15, -0.1) is 0 Å². The highest BCUT2D eigenvalue weighted by molar-refractivity contribution is 5.89. The molecule has 1 atom stereocenters. The summed E-state index contributed by atoms with van der Waals surface area (Å²) in [5.41, 5.74) is 8.13. The predicted octanol–water partition coefficient (Wildman–Crippen LogP) is 2.39. The van der Waals surface area contributed by atoms with Gasteiger partial charge in [0.2, 0.25) is 0 Å². The number of ether oxygens (including phenoxy) is 1. The SMILES string of the molecule is Nc1cccc(NC(=O)NCC2Cc3ccccc3O2)c1. The molecule has 2 aromatic rings. The molecule has 0 saturated carbocycles. The van der Waals surface area contributed by atoms with Crippen LogP contribution in [0.5, 0.6) is 5.75 Å². The molecule has 5 nitrogen and oxygen atoms in total. The highest BCUT2D eigenvalue weighted by Gasteiger charge is 2.22. The van der Waals surface area contributed by atoms with Gasteiger partial charge in [0.25, 0.3) is 0 Å². The first-order chi connectivity index (χ1) is 10.2. The Bertz CT molecular complexity index is 632. The number of nitrogen functional groups attached to an aromatic ring is 1. The maximum absolute atomic E-state index is 11.8. The molecule has 1 unspecified atom stereocenters. The lowest BCUT2D eigenvalue weighted by Crippen LogP contribution is -2.37. The van der Waals surface area contributed by atoms with E-state index < -0.39 is 0 Å². The van der Waals surface area contributed by atoms with E-state index in [1.165, 1.54) is 5.56 Å². The van der Waals surface area contributed by atoms with Crippen LogP contribution in [0.4, 0.5) is 16.2 Å². The Kier molecular flexibility index (Phi) is 3.64. The number of para-hydroxylation sites is 1. The molecular weight excluding hydrogens is 266 g/mol. The normalized spacial score (nSPS) is 15.9. The average Bonchev–Trinajstić information content (AvgIpc) is 2.88. The number of hydrogen-bond acceptors (Lipinski definition) is 3. The Morgan fingerprint density at radius 3 is 2.90 bits per heavy atom. The van der Waals surface area contributed by atoms with Crippen molar-refractivity contribution in [2.75, 3.05) is 17.6 Å². The number of carbonyl (C=O) groups excluding carboxylic acids is 1. The maximum atomic E-state index is 11.8. The molecule has 0 bridgehead atoms. The van der Waals surface area contributed by atoms with Crippen LogP contribution in [0, 0.1) is 0 Å². The molecule has 21 heavy (non-hydrogen) atoms. The van der Waals surface area contributed by atoms with Gasteiger partial charge in [0.1, 0.15) is 11.9 Å². The molecule has 3 rings (SSSR count). The van der Waals surface area contributed by atoms with Gasteiger partial charge in [-0.25, -0.2) is 4.79 Å². The van der Waals surface area contributed by atoms with Crippen LogP contribution in [0.25, 0.3) is 0 Å². The second kappa shape index (κ2) is 5.75. The molecule has 2 aromatic carbocycles. The van der Waals surface area contributed by atoms with Crippen molar-refractivity contribution in [1.82, 2.24) is 5.32 Å². The first-order valence-corrected chi connectivity index (χ1v) is 6.85. The molecule has 108 valence electrons. The number of nitrogens with two attached hydrogens (primary N) is 1. The minimum atomic E-state index is -0.264. The number of anilines is 2. The first kappa shape index (κ1) is 13.3. The largest absolute Gasteiger partial charge is 0.488 e. The topological polar surface area (TPSA) is 76.4 Å². The Hall–Kier alpha value is -2.69. The number of amides is 2. The molecule has 0 spiro atoms. The van der Waals surface area contributed by atoms with Crippen molar-refractivity contribution < 1.29 is 9.53 Å². The smallest absolute Gasteiger partial charge is 0.319 e. The van der Waals surface area contributed by atoms with Crippen LogP contribution in [0.2, 0.25) is 0 Å². The lowest BCUT2D eigenvalue weighted by molar-refractivity contribution is 0.219. The third-order valence-corrected chi connectivity index (χ3v) is 3.35. The minimum Gasteiger partial charge on any atom is -0.488 e. The van der Waals surface area contributed by atoms with Gasteiger partial charge in [0.15, 0.2) is 0 Å². The lowest BCUT2D eigenvalue weighted by atomic mass is 10.1. The van der Waals surface area contributed by atoms with E-state index in [0.717, 1.165) is 12.2 Å². The Balaban J connectivity index is 1.49. The van der Waals surface area contributed by atoms with Crippen LogP contribution in [-0.4, -0.2) is 18.7 Å². The summed E-state index contributed by atoms with van der Waals surface area (Å²) in [5, 5.41) is 5.55. The zero-order valence-corrected chi connectivity index (χ0v) is 11.5. The quantitative estimate of drug-likeness (QED) is 0.757. The summed E-state index contributed by atoms with van der Waals surface area (Å²) in [6.45, 7) is 0.461. The van der Waals surface area contributed by atoms with Gasteiger partial charge in [-0.3, -0.25) is 0 Å². The summed E-state index contributed by atoms with van der Waals surface area (Å²) in [6, 6.07) is 14.7. The van der Waals surface area contributed by atoms with Gasteiger partial charge in [0.05, 0.1) is 6.54 Å². The molecule has 0 saturated heterocycles. The van der Waals surface area contributed by atoms with Gasteiger partial charge >= 0.3 is 6.03 Å². The van der Waals surface area contributed by atoms with Crippen LogP contribution in [0.1, 0.15) is 5.56 Å². The third-order valence-electron chi connectivity index (χ3n) is 3.35. The minimum absolute atomic E-state index is 0.0195. The molecule has 2 amide bonds. The molecule has 0 fully saturated rings. The molecule has 0 radical (unpaired) electrons. The molecule has 1 heterocycles. The van der Waals surface area contributed by atoms with E-state index in [4.69, 9.17) is 10.5 Å². The van der Waals surface area contributed by atoms with E-state index in [0.29, 0.717) is 17.9 Å². The lowest BCUT2D eigenvalue weighted by Gasteiger charge is -2.12. The fourth-order valence-corrected chi connectivity index (χ4v) is 2.37. The first-order valence-electron chi connectivity index (χ1n) is 6.85. The van der Waals surface area contributed by atoms with Crippen LogP contribution >= 0.6 is 0 Å². The van der Waals surface area contributed by atoms with Crippen molar-refractivity contribution in [3.63, 3.8) is 0 Å². The Labute approximate surface area is 123 Å². The zero-order chi connectivity index (χ0) is 14.7. The van der Waals surface area contributed by atoms with E-state index in [9.17, 15) is 4.79 Å². The van der Waals surface area contributed by atoms with Gasteiger partial charge in [-0.2, -0.15) is 0 Å². The molecule has 1 aliphatic heterocycles. The van der Waals surface area contributed by atoms with Crippen LogP contribution in [-0.2, 0) is 6.42 Å². The van der Waals surface area contributed by atoms with Crippen molar-refractivity contribution in [2.24, 2.45) is 0 Å². The van der Waals surface area contributed by atoms with Gasteiger partial charge in [-0.1, -0.05) is 24.3 Å². The number of carbonyl (C=O) groups is 1. The van der Waals surface area contributed by atoms with Crippen molar-refractivity contribution in [1.29, 1.82) is 0 Å². The molecule has 0 aromatic heterocycles. The van der Waals surface area contributed by atoms with E-state index >= 15 is 0 Å². The summed E-state index contributed by atoms with van der Waals surface area (Å²) in [6.07, 6.45) is 0.795. The highest BCUT2D eigenvalue weighted by Crippen LogP contribution is 2.27. The van der Waals surface area contributed by atoms with Crippen molar-refractivity contribution in [3.05, 3.63) is 54.1 Å². The highest BCUT2D eigenvalue weighted by atomic mass is 16.5. The molecule has 1 aliphatic rings. The Morgan fingerprint density at radius 1 is 1.24 bits per heavy atom. The third kappa shape index (κ3) is 3.25. The summed E-state index contributed by atoms with van der Waals surface area (Å²) in [5.74, 6) is 0.903. The van der Waals surface area contributed by atoms with E-state index in [1.807, 2.05) is 24.3 Å². The summed E-state index contributed by atoms with van der Waals surface area (Å²) < 4.78 is 5.76.